The van der Waals surface area contributed by atoms with Gasteiger partial charge in [0.05, 0.1) is 0 Å². The van der Waals surface area contributed by atoms with Gasteiger partial charge in [-0.3, -0.25) is 4.90 Å². The summed E-state index contributed by atoms with van der Waals surface area (Å²) in [6, 6.07) is 1.28. The molecule has 5 nitrogen and oxygen atoms in total. The molecular weight excluding hydrogens is 318 g/mol. The molecular formula is C14H24BrN5. The summed E-state index contributed by atoms with van der Waals surface area (Å²) in [5.74, 6) is 1.71. The van der Waals surface area contributed by atoms with E-state index in [-0.39, 0.29) is 0 Å². The number of hydrogen-bond donors (Lipinski definition) is 2. The normalized spacial score (nSPS) is 16.2. The SMILES string of the molecule is CCCNc1ncnc(NCC(C)N(C)C2CC2)c1Br. The van der Waals surface area contributed by atoms with Gasteiger partial charge < -0.3 is 10.6 Å². The molecule has 112 valence electrons. The van der Waals surface area contributed by atoms with Gasteiger partial charge in [0.15, 0.2) is 0 Å². The average Bonchev–Trinajstić information content (AvgIpc) is 3.28. The summed E-state index contributed by atoms with van der Waals surface area (Å²) in [6.07, 6.45) is 5.34. The standard InChI is InChI=1S/C14H24BrN5/c1-4-7-16-13-12(15)14(19-9-18-13)17-8-10(2)20(3)11-5-6-11/h9-11H,4-8H2,1-3H3,(H2,16,17,18,19). The number of nitrogens with one attached hydrogen (secondary N) is 2. The Balaban J connectivity index is 1.91. The predicted molar refractivity (Wildman–Crippen MR) is 87.2 cm³/mol. The minimum atomic E-state index is 0.497. The van der Waals surface area contributed by atoms with Crippen LogP contribution in [0.2, 0.25) is 0 Å². The number of likely N-dealkylation sites (N-methyl/N-ethyl adjacent to an activating group) is 1. The molecule has 2 rings (SSSR count). The first-order valence-corrected chi connectivity index (χ1v) is 8.13. The van der Waals surface area contributed by atoms with Crippen molar-refractivity contribution >= 4 is 27.6 Å². The minimum absolute atomic E-state index is 0.497. The fraction of sp³-hybridized carbons (Fsp3) is 0.714. The molecule has 2 N–H and O–H groups in total. The van der Waals surface area contributed by atoms with E-state index in [0.717, 1.165) is 41.7 Å². The van der Waals surface area contributed by atoms with Crippen LogP contribution in [0.1, 0.15) is 33.1 Å². The molecule has 0 radical (unpaired) electrons. The van der Waals surface area contributed by atoms with Gasteiger partial charge in [-0.05, 0) is 49.2 Å². The van der Waals surface area contributed by atoms with Crippen molar-refractivity contribution in [1.29, 1.82) is 0 Å². The molecule has 1 aromatic rings. The van der Waals surface area contributed by atoms with Crippen molar-refractivity contribution in [2.24, 2.45) is 0 Å². The van der Waals surface area contributed by atoms with E-state index in [9.17, 15) is 0 Å². The number of halogens is 1. The molecule has 0 aromatic carbocycles. The molecule has 1 heterocycles. The van der Waals surface area contributed by atoms with Crippen LogP contribution in [0.15, 0.2) is 10.8 Å². The summed E-state index contributed by atoms with van der Waals surface area (Å²) in [5, 5.41) is 6.71. The van der Waals surface area contributed by atoms with Crippen molar-refractivity contribution in [3.63, 3.8) is 0 Å². The number of aromatic nitrogens is 2. The van der Waals surface area contributed by atoms with Crippen LogP contribution in [0.3, 0.4) is 0 Å². The monoisotopic (exact) mass is 341 g/mol. The Morgan fingerprint density at radius 1 is 1.35 bits per heavy atom. The van der Waals surface area contributed by atoms with E-state index in [1.807, 2.05) is 0 Å². The van der Waals surface area contributed by atoms with Crippen LogP contribution in [-0.2, 0) is 0 Å². The second-order valence-electron chi connectivity index (χ2n) is 5.44. The molecule has 0 spiro atoms. The Kier molecular flexibility index (Phi) is 5.60. The van der Waals surface area contributed by atoms with Gasteiger partial charge in [-0.25, -0.2) is 9.97 Å². The molecule has 1 aliphatic carbocycles. The first kappa shape index (κ1) is 15.5. The lowest BCUT2D eigenvalue weighted by Crippen LogP contribution is -2.36. The van der Waals surface area contributed by atoms with Gasteiger partial charge in [-0.2, -0.15) is 0 Å². The van der Waals surface area contributed by atoms with Crippen LogP contribution >= 0.6 is 15.9 Å². The lowest BCUT2D eigenvalue weighted by atomic mass is 10.3. The zero-order valence-electron chi connectivity index (χ0n) is 12.5. The second kappa shape index (κ2) is 7.22. The van der Waals surface area contributed by atoms with E-state index in [4.69, 9.17) is 0 Å². The topological polar surface area (TPSA) is 53.1 Å². The summed E-state index contributed by atoms with van der Waals surface area (Å²) >= 11 is 3.58. The van der Waals surface area contributed by atoms with Gasteiger partial charge in [0.25, 0.3) is 0 Å². The molecule has 6 heteroatoms. The lowest BCUT2D eigenvalue weighted by Gasteiger charge is -2.25. The highest BCUT2D eigenvalue weighted by Crippen LogP contribution is 2.28. The van der Waals surface area contributed by atoms with Crippen molar-refractivity contribution in [2.45, 2.75) is 45.2 Å². The van der Waals surface area contributed by atoms with E-state index in [2.05, 4.69) is 62.3 Å². The van der Waals surface area contributed by atoms with Crippen molar-refractivity contribution in [3.05, 3.63) is 10.8 Å². The third-order valence-corrected chi connectivity index (χ3v) is 4.47. The van der Waals surface area contributed by atoms with Crippen molar-refractivity contribution in [1.82, 2.24) is 14.9 Å². The fourth-order valence-electron chi connectivity index (χ4n) is 2.09. The predicted octanol–water partition coefficient (Wildman–Crippen LogP) is 2.96. The van der Waals surface area contributed by atoms with Crippen LogP contribution in [0.5, 0.6) is 0 Å². The molecule has 1 atom stereocenters. The van der Waals surface area contributed by atoms with Crippen molar-refractivity contribution < 1.29 is 0 Å². The number of nitrogens with zero attached hydrogens (tertiary/aromatic N) is 3. The van der Waals surface area contributed by atoms with E-state index < -0.39 is 0 Å². The smallest absolute Gasteiger partial charge is 0.146 e. The highest BCUT2D eigenvalue weighted by atomic mass is 79.9. The number of rotatable bonds is 8. The maximum Gasteiger partial charge on any atom is 0.146 e. The van der Waals surface area contributed by atoms with E-state index in [1.54, 1.807) is 6.33 Å². The Morgan fingerprint density at radius 3 is 2.60 bits per heavy atom. The Morgan fingerprint density at radius 2 is 2.00 bits per heavy atom. The zero-order chi connectivity index (χ0) is 14.5. The summed E-state index contributed by atoms with van der Waals surface area (Å²) in [5.41, 5.74) is 0. The third kappa shape index (κ3) is 4.06. The van der Waals surface area contributed by atoms with Gasteiger partial charge in [0.2, 0.25) is 0 Å². The first-order chi connectivity index (χ1) is 9.63. The Hall–Kier alpha value is -0.880. The second-order valence-corrected chi connectivity index (χ2v) is 6.23. The minimum Gasteiger partial charge on any atom is -0.369 e. The highest BCUT2D eigenvalue weighted by molar-refractivity contribution is 9.10. The van der Waals surface area contributed by atoms with E-state index in [0.29, 0.717) is 6.04 Å². The lowest BCUT2D eigenvalue weighted by molar-refractivity contribution is 0.257. The number of anilines is 2. The van der Waals surface area contributed by atoms with E-state index >= 15 is 0 Å². The van der Waals surface area contributed by atoms with Crippen molar-refractivity contribution in [3.8, 4) is 0 Å². The fourth-order valence-corrected chi connectivity index (χ4v) is 2.57. The quantitative estimate of drug-likeness (QED) is 0.761. The van der Waals surface area contributed by atoms with Crippen LogP contribution in [0.25, 0.3) is 0 Å². The molecule has 0 saturated heterocycles. The van der Waals surface area contributed by atoms with Crippen molar-refractivity contribution in [2.75, 3.05) is 30.8 Å². The molecule has 1 unspecified atom stereocenters. The van der Waals surface area contributed by atoms with Crippen LogP contribution in [0, 0.1) is 0 Å². The summed E-state index contributed by atoms with van der Waals surface area (Å²) in [7, 11) is 2.20. The Bertz CT molecular complexity index is 436. The van der Waals surface area contributed by atoms with Gasteiger partial charge in [0, 0.05) is 25.2 Å². The van der Waals surface area contributed by atoms with E-state index in [1.165, 1.54) is 12.8 Å². The Labute approximate surface area is 129 Å². The highest BCUT2D eigenvalue weighted by Gasteiger charge is 2.29. The summed E-state index contributed by atoms with van der Waals surface area (Å²) < 4.78 is 0.912. The number of hydrogen-bond acceptors (Lipinski definition) is 5. The van der Waals surface area contributed by atoms with Crippen LogP contribution in [-0.4, -0.2) is 47.1 Å². The average molecular weight is 342 g/mol. The third-order valence-electron chi connectivity index (χ3n) is 3.71. The molecule has 20 heavy (non-hydrogen) atoms. The summed E-state index contributed by atoms with van der Waals surface area (Å²) in [6.45, 7) is 6.18. The van der Waals surface area contributed by atoms with Gasteiger partial charge in [0.1, 0.15) is 22.4 Å². The zero-order valence-corrected chi connectivity index (χ0v) is 14.1. The van der Waals surface area contributed by atoms with Crippen LogP contribution in [0.4, 0.5) is 11.6 Å². The maximum absolute atomic E-state index is 4.31. The molecule has 1 aliphatic rings. The molecule has 0 aliphatic heterocycles. The molecule has 0 bridgehead atoms. The molecule has 1 saturated carbocycles. The van der Waals surface area contributed by atoms with Crippen LogP contribution < -0.4 is 10.6 Å². The molecule has 1 aromatic heterocycles. The largest absolute Gasteiger partial charge is 0.369 e. The molecule has 1 fully saturated rings. The van der Waals surface area contributed by atoms with Gasteiger partial charge in [-0.15, -0.1) is 0 Å². The first-order valence-electron chi connectivity index (χ1n) is 7.33. The molecule has 0 amide bonds. The summed E-state index contributed by atoms with van der Waals surface area (Å²) in [4.78, 5) is 11.0. The maximum atomic E-state index is 4.31. The van der Waals surface area contributed by atoms with Gasteiger partial charge >= 0.3 is 0 Å². The van der Waals surface area contributed by atoms with Gasteiger partial charge in [-0.1, -0.05) is 6.92 Å².